The second-order valence-corrected chi connectivity index (χ2v) is 11.1. The molecule has 5 rings (SSSR count). The number of ketones is 1. The molecule has 0 radical (unpaired) electrons. The highest BCUT2D eigenvalue weighted by Crippen LogP contribution is 2.65. The maximum Gasteiger partial charge on any atom is 0.417 e. The summed E-state index contributed by atoms with van der Waals surface area (Å²) in [5.41, 5.74) is -2.50. The van der Waals surface area contributed by atoms with Crippen molar-refractivity contribution in [3.8, 4) is 0 Å². The van der Waals surface area contributed by atoms with Crippen molar-refractivity contribution in [3.63, 3.8) is 0 Å². The lowest BCUT2D eigenvalue weighted by atomic mass is 9.48. The molecule has 7 heteroatoms. The predicted molar refractivity (Wildman–Crippen MR) is 109 cm³/mol. The normalized spacial score (nSPS) is 44.9. The summed E-state index contributed by atoms with van der Waals surface area (Å²) in [7, 11) is 0. The SMILES string of the molecule is C[C@]12CC[C@H]3[C@@H](CC[C@H]4C[C@@](O)(C(F)(F)F)CC[C@@H]43)[C@@H]1CC[C@@H]2C(=O)Cc1ncc[nH]1. The molecule has 4 fully saturated rings. The van der Waals surface area contributed by atoms with Crippen molar-refractivity contribution in [3.05, 3.63) is 18.2 Å². The number of nitrogens with zero attached hydrogens (tertiary/aromatic N) is 1. The first kappa shape index (κ1) is 21.5. The number of rotatable bonds is 3. The van der Waals surface area contributed by atoms with Gasteiger partial charge in [0, 0.05) is 18.3 Å². The van der Waals surface area contributed by atoms with E-state index in [0.29, 0.717) is 36.5 Å². The third-order valence-electron chi connectivity index (χ3n) is 9.82. The van der Waals surface area contributed by atoms with Crippen LogP contribution in [0.5, 0.6) is 0 Å². The largest absolute Gasteiger partial charge is 0.417 e. The molecule has 172 valence electrons. The molecule has 0 amide bonds. The van der Waals surface area contributed by atoms with Crippen LogP contribution < -0.4 is 0 Å². The van der Waals surface area contributed by atoms with Crippen molar-refractivity contribution in [1.29, 1.82) is 0 Å². The number of hydrogen-bond donors (Lipinski definition) is 2. The van der Waals surface area contributed by atoms with Gasteiger partial charge in [0.2, 0.25) is 0 Å². The van der Waals surface area contributed by atoms with Crippen LogP contribution in [0.4, 0.5) is 13.2 Å². The molecule has 1 aromatic heterocycles. The van der Waals surface area contributed by atoms with Crippen molar-refractivity contribution in [2.45, 2.75) is 82.9 Å². The van der Waals surface area contributed by atoms with E-state index in [2.05, 4.69) is 16.9 Å². The topological polar surface area (TPSA) is 66.0 Å². The average molecular weight is 439 g/mol. The molecule has 1 heterocycles. The van der Waals surface area contributed by atoms with Crippen molar-refractivity contribution >= 4 is 5.78 Å². The summed E-state index contributed by atoms with van der Waals surface area (Å²) >= 11 is 0. The lowest BCUT2D eigenvalue weighted by Crippen LogP contribution is -2.55. The summed E-state index contributed by atoms with van der Waals surface area (Å²) in [4.78, 5) is 20.4. The first-order chi connectivity index (χ1) is 14.6. The smallest absolute Gasteiger partial charge is 0.380 e. The van der Waals surface area contributed by atoms with Crippen LogP contribution in [0.3, 0.4) is 0 Å². The number of hydrogen-bond acceptors (Lipinski definition) is 3. The van der Waals surface area contributed by atoms with Crippen LogP contribution in [-0.4, -0.2) is 32.6 Å². The fourth-order valence-corrected chi connectivity index (χ4v) is 8.35. The minimum atomic E-state index is -4.53. The standard InChI is InChI=1S/C24H33F3N2O2/c1-22-8-6-16-15-7-9-23(31,24(25,26)27)13-14(15)2-3-17(16)18(22)4-5-19(22)20(30)12-21-28-10-11-29-21/h10-11,14-19,31H,2-9,12-13H2,1H3,(H,28,29)/t14-,15-,16+,17+,18-,19+,22-,23+/m0/s1. The van der Waals surface area contributed by atoms with Gasteiger partial charge in [-0.3, -0.25) is 4.79 Å². The molecule has 31 heavy (non-hydrogen) atoms. The first-order valence-corrected chi connectivity index (χ1v) is 11.9. The second kappa shape index (κ2) is 7.32. The zero-order valence-corrected chi connectivity index (χ0v) is 18.1. The molecule has 1 aromatic rings. The summed E-state index contributed by atoms with van der Waals surface area (Å²) in [6.45, 7) is 2.29. The number of Topliss-reactive ketones (excluding diaryl/α,β-unsaturated/α-hetero) is 1. The number of alkyl halides is 3. The molecule has 4 aliphatic rings. The Morgan fingerprint density at radius 3 is 2.61 bits per heavy atom. The molecule has 8 atom stereocenters. The van der Waals surface area contributed by atoms with Crippen molar-refractivity contribution in [1.82, 2.24) is 9.97 Å². The fraction of sp³-hybridized carbons (Fsp3) is 0.833. The average Bonchev–Trinajstić information content (AvgIpc) is 3.33. The Morgan fingerprint density at radius 2 is 1.90 bits per heavy atom. The summed E-state index contributed by atoms with van der Waals surface area (Å²) in [6.07, 6.45) is 5.12. The van der Waals surface area contributed by atoms with Crippen LogP contribution in [0.25, 0.3) is 0 Å². The van der Waals surface area contributed by atoms with E-state index >= 15 is 0 Å². The zero-order valence-electron chi connectivity index (χ0n) is 18.1. The van der Waals surface area contributed by atoms with E-state index in [0.717, 1.165) is 44.3 Å². The molecule has 4 aliphatic carbocycles. The molecule has 2 N–H and O–H groups in total. The summed E-state index contributed by atoms with van der Waals surface area (Å²) in [5, 5.41) is 10.3. The highest BCUT2D eigenvalue weighted by atomic mass is 19.4. The Hall–Kier alpha value is -1.37. The van der Waals surface area contributed by atoms with Crippen molar-refractivity contribution < 1.29 is 23.1 Å². The number of carbonyl (C=O) groups is 1. The molecule has 0 bridgehead atoms. The number of carbonyl (C=O) groups excluding carboxylic acids is 1. The Kier molecular flexibility index (Phi) is 5.07. The third-order valence-corrected chi connectivity index (χ3v) is 9.82. The lowest BCUT2D eigenvalue weighted by molar-refractivity contribution is -0.282. The molecule has 4 nitrogen and oxygen atoms in total. The van der Waals surface area contributed by atoms with E-state index in [9.17, 15) is 23.1 Å². The molecule has 0 aliphatic heterocycles. The van der Waals surface area contributed by atoms with Gasteiger partial charge in [-0.1, -0.05) is 6.92 Å². The number of H-pyrrole nitrogens is 1. The Bertz CT molecular complexity index is 825. The van der Waals surface area contributed by atoms with E-state index in [1.165, 1.54) is 0 Å². The maximum atomic E-state index is 13.4. The van der Waals surface area contributed by atoms with Gasteiger partial charge in [0.15, 0.2) is 5.60 Å². The van der Waals surface area contributed by atoms with Gasteiger partial charge in [-0.25, -0.2) is 4.98 Å². The highest BCUT2D eigenvalue weighted by molar-refractivity contribution is 5.83. The van der Waals surface area contributed by atoms with Crippen LogP contribution >= 0.6 is 0 Å². The second-order valence-electron chi connectivity index (χ2n) is 11.1. The number of halogens is 3. The van der Waals surface area contributed by atoms with Gasteiger partial charge in [-0.05, 0) is 92.8 Å². The molecule has 0 unspecified atom stereocenters. The Labute approximate surface area is 181 Å². The molecule has 0 spiro atoms. The first-order valence-electron chi connectivity index (χ1n) is 11.9. The number of aliphatic hydroxyl groups is 1. The van der Waals surface area contributed by atoms with Crippen molar-refractivity contribution in [2.24, 2.45) is 40.9 Å². The van der Waals surface area contributed by atoms with E-state index < -0.39 is 11.8 Å². The lowest BCUT2D eigenvalue weighted by Gasteiger charge is -2.57. The number of fused-ring (bicyclic) bond motifs is 5. The molecular formula is C24H33F3N2O2. The van der Waals surface area contributed by atoms with Crippen LogP contribution in [0.2, 0.25) is 0 Å². The molecule has 0 aromatic carbocycles. The molecule has 0 saturated heterocycles. The third kappa shape index (κ3) is 3.37. The maximum absolute atomic E-state index is 13.4. The number of imidazole rings is 1. The minimum absolute atomic E-state index is 0.000940. The van der Waals surface area contributed by atoms with Gasteiger partial charge in [-0.2, -0.15) is 13.2 Å². The minimum Gasteiger partial charge on any atom is -0.380 e. The van der Waals surface area contributed by atoms with Gasteiger partial charge >= 0.3 is 6.18 Å². The van der Waals surface area contributed by atoms with E-state index in [1.807, 2.05) is 0 Å². The van der Waals surface area contributed by atoms with E-state index in [-0.39, 0.29) is 35.9 Å². The number of aromatic nitrogens is 2. The highest BCUT2D eigenvalue weighted by Gasteiger charge is 2.62. The monoisotopic (exact) mass is 438 g/mol. The van der Waals surface area contributed by atoms with Crippen LogP contribution in [-0.2, 0) is 11.2 Å². The molecule has 4 saturated carbocycles. The summed E-state index contributed by atoms with van der Waals surface area (Å²) < 4.78 is 40.2. The van der Waals surface area contributed by atoms with Gasteiger partial charge in [0.05, 0.1) is 6.42 Å². The fourth-order valence-electron chi connectivity index (χ4n) is 8.35. The molecular weight excluding hydrogens is 405 g/mol. The van der Waals surface area contributed by atoms with Crippen LogP contribution in [0.1, 0.15) is 70.5 Å². The van der Waals surface area contributed by atoms with Gasteiger partial charge in [-0.15, -0.1) is 0 Å². The number of nitrogens with one attached hydrogen (secondary N) is 1. The summed E-state index contributed by atoms with van der Waals surface area (Å²) in [6, 6.07) is 0. The quantitative estimate of drug-likeness (QED) is 0.691. The van der Waals surface area contributed by atoms with Gasteiger partial charge in [0.25, 0.3) is 0 Å². The zero-order chi connectivity index (χ0) is 22.0. The summed E-state index contributed by atoms with van der Waals surface area (Å²) in [5.74, 6) is 2.79. The van der Waals surface area contributed by atoms with Crippen LogP contribution in [0, 0.1) is 40.9 Å². The van der Waals surface area contributed by atoms with Gasteiger partial charge in [0.1, 0.15) is 11.6 Å². The van der Waals surface area contributed by atoms with E-state index in [1.54, 1.807) is 12.4 Å². The van der Waals surface area contributed by atoms with E-state index in [4.69, 9.17) is 0 Å². The van der Waals surface area contributed by atoms with Crippen LogP contribution in [0.15, 0.2) is 12.4 Å². The predicted octanol–water partition coefficient (Wildman–Crippen LogP) is 5.08. The van der Waals surface area contributed by atoms with Gasteiger partial charge < -0.3 is 10.1 Å². The Morgan fingerprint density at radius 1 is 1.13 bits per heavy atom. The number of aromatic amines is 1. The van der Waals surface area contributed by atoms with Crippen molar-refractivity contribution in [2.75, 3.05) is 0 Å². The Balaban J connectivity index is 1.30.